The molecule has 0 aromatic heterocycles. The molecule has 0 amide bonds. The number of unbranched alkanes of at least 4 members (excludes halogenated alkanes) is 76. The van der Waals surface area contributed by atoms with Crippen molar-refractivity contribution in [2.24, 2.45) is 0 Å². The van der Waals surface area contributed by atoms with Crippen LogP contribution >= 0.6 is 0 Å². The second-order valence-electron chi connectivity index (χ2n) is 35.8. The first-order valence-corrected chi connectivity index (χ1v) is 52.0. The van der Waals surface area contributed by atoms with Crippen LogP contribution in [0.3, 0.4) is 0 Å². The molecule has 109 heavy (non-hydrogen) atoms. The average molecular weight is 1580 g/mol. The largest absolute Gasteiger partial charge is 0.393 e. The molecule has 4 unspecified atom stereocenters. The number of rotatable bonds is 92. The maximum absolute atomic E-state index is 10.1. The van der Waals surface area contributed by atoms with Gasteiger partial charge in [0.05, 0.1) is 24.4 Å². The molecule has 4 N–H and O–H groups in total. The molecule has 0 bridgehead atoms. The second-order valence-corrected chi connectivity index (χ2v) is 35.8. The summed E-state index contributed by atoms with van der Waals surface area (Å²) in [4.78, 5) is 0. The molecule has 0 fully saturated rings. The van der Waals surface area contributed by atoms with E-state index < -0.39 is 0 Å². The third-order valence-corrected chi connectivity index (χ3v) is 24.1. The first kappa shape index (κ1) is 118. The standard InChI is InChI=1S/4C26H54O.Ti/c4*1-3-5-7-9-11-13-15-17-19-21-23-25-26(27)24-22-20-18-16-14-12-10-8-6-4-2;/h4*26-27H,3-25H2,1-2H3;. The van der Waals surface area contributed by atoms with E-state index in [1.807, 2.05) is 0 Å². The zero-order valence-corrected chi connectivity index (χ0v) is 79.2. The average Bonchev–Trinajstić information content (AvgIpc) is 3.08. The van der Waals surface area contributed by atoms with Gasteiger partial charge in [0, 0.05) is 21.7 Å². The van der Waals surface area contributed by atoms with Gasteiger partial charge in [0.25, 0.3) is 0 Å². The minimum Gasteiger partial charge on any atom is -0.393 e. The van der Waals surface area contributed by atoms with Crippen LogP contribution in [0.2, 0.25) is 0 Å². The number of aliphatic hydroxyl groups is 4. The summed E-state index contributed by atoms with van der Waals surface area (Å²) in [6, 6.07) is 0. The Balaban J connectivity index is -0.000000440. The zero-order valence-electron chi connectivity index (χ0n) is 77.7. The van der Waals surface area contributed by atoms with E-state index >= 15 is 0 Å². The summed E-state index contributed by atoms with van der Waals surface area (Å²) in [7, 11) is 0. The fourth-order valence-corrected chi connectivity index (χ4v) is 16.2. The quantitative estimate of drug-likeness (QED) is 0.0361. The Morgan fingerprint density at radius 1 is 0.101 bits per heavy atom. The van der Waals surface area contributed by atoms with E-state index in [9.17, 15) is 20.4 Å². The third-order valence-electron chi connectivity index (χ3n) is 24.1. The summed E-state index contributed by atoms with van der Waals surface area (Å²) in [5.74, 6) is 0. The maximum atomic E-state index is 10.1. The molecule has 4 nitrogen and oxygen atoms in total. The van der Waals surface area contributed by atoms with Crippen molar-refractivity contribution in [3.63, 3.8) is 0 Å². The van der Waals surface area contributed by atoms with Gasteiger partial charge in [0.15, 0.2) is 0 Å². The van der Waals surface area contributed by atoms with Crippen molar-refractivity contribution in [3.8, 4) is 0 Å². The van der Waals surface area contributed by atoms with Crippen molar-refractivity contribution in [1.82, 2.24) is 0 Å². The Morgan fingerprint density at radius 3 is 0.220 bits per heavy atom. The van der Waals surface area contributed by atoms with Crippen molar-refractivity contribution < 1.29 is 42.1 Å². The van der Waals surface area contributed by atoms with Crippen molar-refractivity contribution in [1.29, 1.82) is 0 Å². The third kappa shape index (κ3) is 122. The van der Waals surface area contributed by atoms with Crippen molar-refractivity contribution in [2.75, 3.05) is 0 Å². The van der Waals surface area contributed by atoms with Crippen LogP contribution in [0.25, 0.3) is 0 Å². The van der Waals surface area contributed by atoms with Gasteiger partial charge in [-0.05, 0) is 51.4 Å². The van der Waals surface area contributed by atoms with Crippen LogP contribution in [-0.2, 0) is 21.7 Å². The SMILES string of the molecule is CCCCCCCCCCCCCC(O)CCCCCCCCCCCC.CCCCCCCCCCCCCC(O)CCCCCCCCCCCC.CCCCCCCCCCCCCC(O)CCCCCCCCCCCC.CCCCCCCCCCCCCC(O)CCCCCCCCCCCC.[Ti]. The summed E-state index contributed by atoms with van der Waals surface area (Å²) in [5.41, 5.74) is 0. The van der Waals surface area contributed by atoms with Gasteiger partial charge in [-0.25, -0.2) is 0 Å². The molecule has 660 valence electrons. The summed E-state index contributed by atoms with van der Waals surface area (Å²) in [6.45, 7) is 18.3. The van der Waals surface area contributed by atoms with Crippen LogP contribution in [0.5, 0.6) is 0 Å². The van der Waals surface area contributed by atoms with Crippen LogP contribution < -0.4 is 0 Å². The van der Waals surface area contributed by atoms with Crippen LogP contribution in [0, 0.1) is 0 Å². The number of aliphatic hydroxyl groups excluding tert-OH is 4. The molecule has 4 atom stereocenters. The van der Waals surface area contributed by atoms with Crippen molar-refractivity contribution in [2.45, 2.75) is 671 Å². The molecule has 0 aromatic rings. The predicted molar refractivity (Wildman–Crippen MR) is 494 cm³/mol. The smallest absolute Gasteiger partial charge is 0.0540 e. The first-order chi connectivity index (χ1) is 53.2. The van der Waals surface area contributed by atoms with Gasteiger partial charge in [0.1, 0.15) is 0 Å². The van der Waals surface area contributed by atoms with Gasteiger partial charge < -0.3 is 20.4 Å². The van der Waals surface area contributed by atoms with Crippen LogP contribution in [0.4, 0.5) is 0 Å². The summed E-state index contributed by atoms with van der Waals surface area (Å²) >= 11 is 0. The monoisotopic (exact) mass is 1580 g/mol. The van der Waals surface area contributed by atoms with Gasteiger partial charge in [-0.3, -0.25) is 0 Å². The molecule has 0 aliphatic rings. The number of hydrogen-bond acceptors (Lipinski definition) is 4. The fraction of sp³-hybridized carbons (Fsp3) is 1.00. The molecule has 0 radical (unpaired) electrons. The van der Waals surface area contributed by atoms with Gasteiger partial charge in [-0.2, -0.15) is 0 Å². The Hall–Kier alpha value is 0.554. The van der Waals surface area contributed by atoms with Gasteiger partial charge in [-0.1, -0.05) is 595 Å². The normalized spacial score (nSPS) is 12.4. The van der Waals surface area contributed by atoms with Crippen molar-refractivity contribution >= 4 is 0 Å². The molecule has 0 aromatic carbocycles. The topological polar surface area (TPSA) is 80.9 Å². The van der Waals surface area contributed by atoms with Crippen molar-refractivity contribution in [3.05, 3.63) is 0 Å². The Bertz CT molecular complexity index is 1220. The van der Waals surface area contributed by atoms with E-state index in [2.05, 4.69) is 55.4 Å². The first-order valence-electron chi connectivity index (χ1n) is 52.0. The summed E-state index contributed by atoms with van der Waals surface area (Å²) < 4.78 is 0. The minimum absolute atomic E-state index is 0. The van der Waals surface area contributed by atoms with Crippen LogP contribution in [0.15, 0.2) is 0 Å². The van der Waals surface area contributed by atoms with E-state index in [0.29, 0.717) is 0 Å². The summed E-state index contributed by atoms with van der Waals surface area (Å²) in [6.07, 6.45) is 125. The van der Waals surface area contributed by atoms with E-state index in [-0.39, 0.29) is 46.1 Å². The van der Waals surface area contributed by atoms with Crippen LogP contribution in [-0.4, -0.2) is 44.8 Å². The van der Waals surface area contributed by atoms with Crippen LogP contribution in [0.1, 0.15) is 646 Å². The van der Waals surface area contributed by atoms with Gasteiger partial charge in [-0.15, -0.1) is 0 Å². The molecular formula is C104H216O4Ti. The molecular weight excluding hydrogens is 1360 g/mol. The zero-order chi connectivity index (χ0) is 79.4. The van der Waals surface area contributed by atoms with E-state index in [1.165, 1.54) is 539 Å². The maximum Gasteiger partial charge on any atom is 0.0540 e. The Morgan fingerprint density at radius 2 is 0.156 bits per heavy atom. The van der Waals surface area contributed by atoms with E-state index in [4.69, 9.17) is 0 Å². The van der Waals surface area contributed by atoms with Gasteiger partial charge in [0.2, 0.25) is 0 Å². The van der Waals surface area contributed by atoms with E-state index in [0.717, 1.165) is 51.4 Å². The molecule has 0 spiro atoms. The van der Waals surface area contributed by atoms with E-state index in [1.54, 1.807) is 0 Å². The summed E-state index contributed by atoms with van der Waals surface area (Å²) in [5, 5.41) is 40.5. The molecule has 0 rings (SSSR count). The second kappa shape index (κ2) is 115. The van der Waals surface area contributed by atoms with Gasteiger partial charge >= 0.3 is 0 Å². The molecule has 0 heterocycles. The molecule has 0 aliphatic heterocycles. The number of hydrogen-bond donors (Lipinski definition) is 4. The molecule has 0 saturated heterocycles. The predicted octanol–water partition coefficient (Wildman–Crippen LogP) is 37.4. The Kier molecular flexibility index (Phi) is 124. The molecule has 0 aliphatic carbocycles. The fourth-order valence-electron chi connectivity index (χ4n) is 16.2. The molecule has 5 heteroatoms. The molecule has 0 saturated carbocycles. The Labute approximate surface area is 708 Å². The minimum atomic E-state index is -0.0300.